The minimum atomic E-state index is -4.42. The van der Waals surface area contributed by atoms with Gasteiger partial charge in [0.2, 0.25) is 4.77 Å². The Balaban J connectivity index is 2.43. The monoisotopic (exact) mass is 286 g/mol. The van der Waals surface area contributed by atoms with Crippen molar-refractivity contribution in [3.05, 3.63) is 46.0 Å². The molecule has 1 aromatic carbocycles. The maximum atomic E-state index is 12.8. The fraction of sp³-hybridized carbons (Fsp3) is 0.182. The molecule has 1 heterocycles. The third kappa shape index (κ3) is 2.90. The fourth-order valence-corrected chi connectivity index (χ4v) is 1.72. The van der Waals surface area contributed by atoms with Crippen LogP contribution < -0.4 is 0 Å². The molecule has 0 amide bonds. The number of alkyl halides is 3. The zero-order valence-electron chi connectivity index (χ0n) is 9.77. The van der Waals surface area contributed by atoms with Crippen LogP contribution in [-0.2, 0) is 6.18 Å². The van der Waals surface area contributed by atoms with Gasteiger partial charge in [0.15, 0.2) is 0 Å². The molecular formula is C11H9F3N4S. The van der Waals surface area contributed by atoms with Crippen LogP contribution in [-0.4, -0.2) is 21.1 Å². The highest BCUT2D eigenvalue weighted by molar-refractivity contribution is 7.71. The van der Waals surface area contributed by atoms with Gasteiger partial charge >= 0.3 is 6.18 Å². The molecule has 4 nitrogen and oxygen atoms in total. The average Bonchev–Trinajstić information content (AvgIpc) is 2.66. The van der Waals surface area contributed by atoms with Gasteiger partial charge in [0.25, 0.3) is 0 Å². The summed E-state index contributed by atoms with van der Waals surface area (Å²) in [6, 6.07) is 5.18. The SMILES string of the molecule is Cc1n[nH]c(=S)n1/N=C\c1ccccc1C(F)(F)F. The number of aromatic nitrogens is 3. The van der Waals surface area contributed by atoms with E-state index in [0.29, 0.717) is 5.82 Å². The Morgan fingerprint density at radius 2 is 2.05 bits per heavy atom. The lowest BCUT2D eigenvalue weighted by molar-refractivity contribution is -0.137. The highest BCUT2D eigenvalue weighted by Gasteiger charge is 2.32. The number of rotatable bonds is 2. The molecule has 0 aliphatic carbocycles. The Bertz CT molecular complexity index is 669. The summed E-state index contributed by atoms with van der Waals surface area (Å²) < 4.78 is 39.8. The van der Waals surface area contributed by atoms with E-state index < -0.39 is 11.7 Å². The quantitative estimate of drug-likeness (QED) is 0.681. The van der Waals surface area contributed by atoms with Crippen LogP contribution in [0.3, 0.4) is 0 Å². The van der Waals surface area contributed by atoms with E-state index in [1.807, 2.05) is 0 Å². The molecule has 8 heteroatoms. The van der Waals surface area contributed by atoms with Gasteiger partial charge in [0.05, 0.1) is 11.8 Å². The number of hydrogen-bond donors (Lipinski definition) is 1. The predicted octanol–water partition coefficient (Wildman–Crippen LogP) is 3.15. The van der Waals surface area contributed by atoms with Gasteiger partial charge in [-0.1, -0.05) is 18.2 Å². The molecule has 100 valence electrons. The molecule has 0 aliphatic heterocycles. The lowest BCUT2D eigenvalue weighted by Crippen LogP contribution is -2.09. The summed E-state index contributed by atoms with van der Waals surface area (Å²) in [5.41, 5.74) is -0.774. The van der Waals surface area contributed by atoms with Crippen LogP contribution in [0.15, 0.2) is 29.4 Å². The minimum absolute atomic E-state index is 0.0301. The first kappa shape index (κ1) is 13.5. The van der Waals surface area contributed by atoms with Crippen LogP contribution >= 0.6 is 12.2 Å². The molecule has 0 aliphatic rings. The van der Waals surface area contributed by atoms with Gasteiger partial charge in [-0.3, -0.25) is 5.10 Å². The largest absolute Gasteiger partial charge is 0.417 e. The van der Waals surface area contributed by atoms with E-state index >= 15 is 0 Å². The molecular weight excluding hydrogens is 277 g/mol. The molecule has 2 aromatic rings. The van der Waals surface area contributed by atoms with Crippen molar-refractivity contribution in [2.24, 2.45) is 5.10 Å². The molecule has 0 bridgehead atoms. The predicted molar refractivity (Wildman–Crippen MR) is 66.6 cm³/mol. The highest BCUT2D eigenvalue weighted by atomic mass is 32.1. The van der Waals surface area contributed by atoms with Crippen molar-refractivity contribution in [1.82, 2.24) is 14.9 Å². The summed E-state index contributed by atoms with van der Waals surface area (Å²) in [6.45, 7) is 1.64. The number of hydrogen-bond acceptors (Lipinski definition) is 3. The second-order valence-electron chi connectivity index (χ2n) is 3.72. The first-order valence-corrected chi connectivity index (χ1v) is 5.65. The van der Waals surface area contributed by atoms with Gasteiger partial charge in [-0.05, 0) is 25.2 Å². The van der Waals surface area contributed by atoms with Crippen LogP contribution in [0.4, 0.5) is 13.2 Å². The van der Waals surface area contributed by atoms with Gasteiger partial charge in [0, 0.05) is 5.56 Å². The number of nitrogens with zero attached hydrogens (tertiary/aromatic N) is 3. The van der Waals surface area contributed by atoms with Gasteiger partial charge in [-0.25, -0.2) is 0 Å². The van der Waals surface area contributed by atoms with Crippen molar-refractivity contribution in [1.29, 1.82) is 0 Å². The van der Waals surface area contributed by atoms with Crippen molar-refractivity contribution < 1.29 is 13.2 Å². The van der Waals surface area contributed by atoms with Crippen LogP contribution in [0, 0.1) is 11.7 Å². The molecule has 0 atom stereocenters. The molecule has 19 heavy (non-hydrogen) atoms. The maximum absolute atomic E-state index is 12.8. The number of halogens is 3. The van der Waals surface area contributed by atoms with Crippen molar-refractivity contribution in [3.63, 3.8) is 0 Å². The van der Waals surface area contributed by atoms with Crippen LogP contribution in [0.25, 0.3) is 0 Å². The van der Waals surface area contributed by atoms with Crippen molar-refractivity contribution >= 4 is 18.4 Å². The van der Waals surface area contributed by atoms with E-state index in [4.69, 9.17) is 12.2 Å². The van der Waals surface area contributed by atoms with Crippen molar-refractivity contribution in [2.45, 2.75) is 13.1 Å². The first-order chi connectivity index (χ1) is 8.89. The molecule has 0 spiro atoms. The Hall–Kier alpha value is -1.96. The second-order valence-corrected chi connectivity index (χ2v) is 4.10. The van der Waals surface area contributed by atoms with Gasteiger partial charge in [-0.2, -0.15) is 28.0 Å². The van der Waals surface area contributed by atoms with E-state index in [1.54, 1.807) is 6.92 Å². The Labute approximate surface area is 111 Å². The molecule has 0 radical (unpaired) electrons. The van der Waals surface area contributed by atoms with Crippen molar-refractivity contribution in [3.8, 4) is 0 Å². The average molecular weight is 286 g/mol. The Kier molecular flexibility index (Phi) is 3.52. The third-order valence-corrected chi connectivity index (χ3v) is 2.65. The molecule has 0 saturated carbocycles. The Morgan fingerprint density at radius 1 is 1.37 bits per heavy atom. The summed E-state index contributed by atoms with van der Waals surface area (Å²) in [5, 5.41) is 10.2. The number of aromatic amines is 1. The van der Waals surface area contributed by atoms with Crippen LogP contribution in [0.5, 0.6) is 0 Å². The van der Waals surface area contributed by atoms with E-state index in [-0.39, 0.29) is 10.3 Å². The molecule has 1 N–H and O–H groups in total. The molecule has 0 saturated heterocycles. The maximum Gasteiger partial charge on any atom is 0.417 e. The van der Waals surface area contributed by atoms with E-state index in [0.717, 1.165) is 12.3 Å². The van der Waals surface area contributed by atoms with Crippen LogP contribution in [0.2, 0.25) is 0 Å². The smallest absolute Gasteiger partial charge is 0.250 e. The Morgan fingerprint density at radius 3 is 2.63 bits per heavy atom. The van der Waals surface area contributed by atoms with E-state index in [1.165, 1.54) is 22.9 Å². The number of nitrogens with one attached hydrogen (secondary N) is 1. The zero-order valence-corrected chi connectivity index (χ0v) is 10.6. The topological polar surface area (TPSA) is 46.0 Å². The number of H-pyrrole nitrogens is 1. The van der Waals surface area contributed by atoms with E-state index in [9.17, 15) is 13.2 Å². The summed E-state index contributed by atoms with van der Waals surface area (Å²) >= 11 is 4.90. The lowest BCUT2D eigenvalue weighted by Gasteiger charge is -2.09. The van der Waals surface area contributed by atoms with Gasteiger partial charge in [0.1, 0.15) is 5.82 Å². The lowest BCUT2D eigenvalue weighted by atomic mass is 10.1. The summed E-state index contributed by atoms with van der Waals surface area (Å²) in [4.78, 5) is 0. The molecule has 0 fully saturated rings. The molecule has 1 aromatic heterocycles. The molecule has 0 unspecified atom stereocenters. The summed E-state index contributed by atoms with van der Waals surface area (Å²) in [5.74, 6) is 0.464. The first-order valence-electron chi connectivity index (χ1n) is 5.24. The minimum Gasteiger partial charge on any atom is -0.250 e. The summed E-state index contributed by atoms with van der Waals surface area (Å²) in [6.07, 6.45) is -3.31. The van der Waals surface area contributed by atoms with Crippen molar-refractivity contribution in [2.75, 3.05) is 0 Å². The number of aryl methyl sites for hydroxylation is 1. The summed E-state index contributed by atoms with van der Waals surface area (Å²) in [7, 11) is 0. The number of benzene rings is 1. The van der Waals surface area contributed by atoms with Crippen LogP contribution in [0.1, 0.15) is 17.0 Å². The second kappa shape index (κ2) is 4.96. The van der Waals surface area contributed by atoms with Gasteiger partial charge in [-0.15, -0.1) is 0 Å². The highest BCUT2D eigenvalue weighted by Crippen LogP contribution is 2.31. The standard InChI is InChI=1S/C11H9F3N4S/c1-7-16-17-10(19)18(7)15-6-8-4-2-3-5-9(8)11(12,13)14/h2-6H,1H3,(H,17,19)/b15-6-. The van der Waals surface area contributed by atoms with Gasteiger partial charge < -0.3 is 0 Å². The fourth-order valence-electron chi connectivity index (χ4n) is 1.49. The van der Waals surface area contributed by atoms with E-state index in [2.05, 4.69) is 15.3 Å². The zero-order chi connectivity index (χ0) is 14.0. The third-order valence-electron chi connectivity index (χ3n) is 2.39. The normalized spacial score (nSPS) is 12.2. The molecule has 2 rings (SSSR count).